The molecule has 0 aliphatic carbocycles. The fourth-order valence-corrected chi connectivity index (χ4v) is 3.43. The predicted molar refractivity (Wildman–Crippen MR) is 92.8 cm³/mol. The van der Waals surface area contributed by atoms with Crippen LogP contribution in [0.4, 0.5) is 0 Å². The van der Waals surface area contributed by atoms with Crippen molar-refractivity contribution in [3.05, 3.63) is 64.7 Å². The summed E-state index contributed by atoms with van der Waals surface area (Å²) in [6, 6.07) is 16.0. The van der Waals surface area contributed by atoms with Crippen molar-refractivity contribution in [3.63, 3.8) is 0 Å². The molecule has 3 aromatic rings. The Labute approximate surface area is 134 Å². The molecule has 0 aliphatic rings. The molecule has 112 valence electrons. The zero-order valence-corrected chi connectivity index (χ0v) is 13.7. The number of rotatable bonds is 5. The van der Waals surface area contributed by atoms with Crippen molar-refractivity contribution in [2.45, 2.75) is 32.6 Å². The third-order valence-corrected chi connectivity index (χ3v) is 5.10. The van der Waals surface area contributed by atoms with Gasteiger partial charge in [-0.25, -0.2) is 4.98 Å². The van der Waals surface area contributed by atoms with Gasteiger partial charge in [-0.2, -0.15) is 0 Å². The van der Waals surface area contributed by atoms with Crippen molar-refractivity contribution in [1.29, 1.82) is 0 Å². The molecule has 1 unspecified atom stereocenters. The predicted octanol–water partition coefficient (Wildman–Crippen LogP) is 5.24. The van der Waals surface area contributed by atoms with E-state index < -0.39 is 0 Å². The highest BCUT2D eigenvalue weighted by molar-refractivity contribution is 7.18. The Kier molecular flexibility index (Phi) is 4.34. The first-order chi connectivity index (χ1) is 10.7. The third kappa shape index (κ3) is 3.09. The molecule has 0 radical (unpaired) electrons. The monoisotopic (exact) mass is 309 g/mol. The first kappa shape index (κ1) is 14.9. The number of thiazole rings is 1. The molecule has 0 N–H and O–H groups in total. The van der Waals surface area contributed by atoms with Crippen LogP contribution in [0.5, 0.6) is 0 Å². The van der Waals surface area contributed by atoms with Crippen LogP contribution in [0.2, 0.25) is 0 Å². The highest BCUT2D eigenvalue weighted by Crippen LogP contribution is 2.23. The zero-order chi connectivity index (χ0) is 15.5. The first-order valence-electron chi connectivity index (χ1n) is 7.65. The van der Waals surface area contributed by atoms with Gasteiger partial charge in [0, 0.05) is 5.56 Å². The summed E-state index contributed by atoms with van der Waals surface area (Å²) in [5, 5.41) is 0.886. The molecule has 0 amide bonds. The Hall–Kier alpha value is -2.00. The summed E-state index contributed by atoms with van der Waals surface area (Å²) < 4.78 is 1.14. The van der Waals surface area contributed by atoms with Crippen LogP contribution in [0.15, 0.2) is 48.5 Å². The second kappa shape index (κ2) is 6.41. The summed E-state index contributed by atoms with van der Waals surface area (Å²) in [6.07, 6.45) is 1.49. The standard InChI is InChI=1S/C19H19NOS/c1-3-13(2)14-8-10-15(11-9-14)17(21)12-19-20-16-6-4-5-7-18(16)22-19/h4-11,13H,3,12H2,1-2H3. The number of para-hydroxylation sites is 1. The Bertz CT molecular complexity index is 756. The molecular weight excluding hydrogens is 290 g/mol. The molecule has 0 saturated heterocycles. The maximum Gasteiger partial charge on any atom is 0.169 e. The summed E-state index contributed by atoms with van der Waals surface area (Å²) in [5.41, 5.74) is 3.03. The first-order valence-corrected chi connectivity index (χ1v) is 8.46. The highest BCUT2D eigenvalue weighted by atomic mass is 32.1. The second-order valence-corrected chi connectivity index (χ2v) is 6.72. The lowest BCUT2D eigenvalue weighted by molar-refractivity contribution is 0.0993. The second-order valence-electron chi connectivity index (χ2n) is 5.61. The highest BCUT2D eigenvalue weighted by Gasteiger charge is 2.12. The van der Waals surface area contributed by atoms with Crippen molar-refractivity contribution in [2.75, 3.05) is 0 Å². The number of nitrogens with zero attached hydrogens (tertiary/aromatic N) is 1. The van der Waals surface area contributed by atoms with Gasteiger partial charge in [0.25, 0.3) is 0 Å². The summed E-state index contributed by atoms with van der Waals surface area (Å²) in [5.74, 6) is 0.670. The number of benzene rings is 2. The molecule has 0 fully saturated rings. The minimum Gasteiger partial charge on any atom is -0.294 e. The van der Waals surface area contributed by atoms with Gasteiger partial charge in [-0.05, 0) is 30.0 Å². The maximum absolute atomic E-state index is 12.4. The summed E-state index contributed by atoms with van der Waals surface area (Å²) in [4.78, 5) is 16.9. The van der Waals surface area contributed by atoms with Gasteiger partial charge in [-0.3, -0.25) is 4.79 Å². The van der Waals surface area contributed by atoms with E-state index in [-0.39, 0.29) is 5.78 Å². The normalized spacial score (nSPS) is 12.5. The van der Waals surface area contributed by atoms with Crippen LogP contribution in [-0.4, -0.2) is 10.8 Å². The molecule has 0 aliphatic heterocycles. The molecule has 22 heavy (non-hydrogen) atoms. The van der Waals surface area contributed by atoms with Crippen LogP contribution < -0.4 is 0 Å². The number of hydrogen-bond acceptors (Lipinski definition) is 3. The average molecular weight is 309 g/mol. The van der Waals surface area contributed by atoms with Gasteiger partial charge < -0.3 is 0 Å². The SMILES string of the molecule is CCC(C)c1ccc(C(=O)Cc2nc3ccccc3s2)cc1. The number of carbonyl (C=O) groups is 1. The van der Waals surface area contributed by atoms with Gasteiger partial charge in [-0.15, -0.1) is 11.3 Å². The largest absolute Gasteiger partial charge is 0.294 e. The van der Waals surface area contributed by atoms with Crippen LogP contribution in [0, 0.1) is 0 Å². The summed E-state index contributed by atoms with van der Waals surface area (Å²) in [7, 11) is 0. The molecule has 0 saturated carbocycles. The fourth-order valence-electron chi connectivity index (χ4n) is 2.47. The van der Waals surface area contributed by atoms with Crippen molar-refractivity contribution >= 4 is 27.3 Å². The number of carbonyl (C=O) groups excluding carboxylic acids is 1. The van der Waals surface area contributed by atoms with E-state index in [1.165, 1.54) is 5.56 Å². The van der Waals surface area contributed by atoms with E-state index in [1.807, 2.05) is 36.4 Å². The number of hydrogen-bond donors (Lipinski definition) is 0. The molecular formula is C19H19NOS. The van der Waals surface area contributed by atoms with E-state index in [0.29, 0.717) is 12.3 Å². The van der Waals surface area contributed by atoms with Gasteiger partial charge in [0.05, 0.1) is 16.6 Å². The van der Waals surface area contributed by atoms with Crippen molar-refractivity contribution in [2.24, 2.45) is 0 Å². The Morgan fingerprint density at radius 1 is 1.14 bits per heavy atom. The maximum atomic E-state index is 12.4. The number of Topliss-reactive ketones (excluding diaryl/α,β-unsaturated/α-hetero) is 1. The van der Waals surface area contributed by atoms with Crippen molar-refractivity contribution in [1.82, 2.24) is 4.98 Å². The Morgan fingerprint density at radius 3 is 2.55 bits per heavy atom. The zero-order valence-electron chi connectivity index (χ0n) is 12.9. The summed E-state index contributed by atoms with van der Waals surface area (Å²) in [6.45, 7) is 4.38. The van der Waals surface area contributed by atoms with Gasteiger partial charge in [-0.1, -0.05) is 50.2 Å². The molecule has 3 rings (SSSR count). The lowest BCUT2D eigenvalue weighted by Gasteiger charge is -2.09. The quantitative estimate of drug-likeness (QED) is 0.604. The van der Waals surface area contributed by atoms with Crippen LogP contribution in [0.25, 0.3) is 10.2 Å². The van der Waals surface area contributed by atoms with Crippen LogP contribution in [-0.2, 0) is 6.42 Å². The van der Waals surface area contributed by atoms with Gasteiger partial charge in [0.2, 0.25) is 0 Å². The third-order valence-electron chi connectivity index (χ3n) is 4.06. The topological polar surface area (TPSA) is 30.0 Å². The van der Waals surface area contributed by atoms with Crippen LogP contribution >= 0.6 is 11.3 Å². The number of aromatic nitrogens is 1. The molecule has 1 aromatic heterocycles. The van der Waals surface area contributed by atoms with E-state index in [1.54, 1.807) is 11.3 Å². The van der Waals surface area contributed by atoms with Gasteiger partial charge in [0.1, 0.15) is 5.01 Å². The minimum absolute atomic E-state index is 0.134. The molecule has 0 bridgehead atoms. The molecule has 1 heterocycles. The van der Waals surface area contributed by atoms with E-state index in [2.05, 4.69) is 31.0 Å². The molecule has 0 spiro atoms. The van der Waals surface area contributed by atoms with E-state index in [0.717, 1.165) is 27.2 Å². The smallest absolute Gasteiger partial charge is 0.169 e. The average Bonchev–Trinajstić information content (AvgIpc) is 2.96. The van der Waals surface area contributed by atoms with Crippen LogP contribution in [0.1, 0.15) is 47.1 Å². The molecule has 3 heteroatoms. The van der Waals surface area contributed by atoms with E-state index in [4.69, 9.17) is 0 Å². The minimum atomic E-state index is 0.134. The van der Waals surface area contributed by atoms with Crippen molar-refractivity contribution < 1.29 is 4.79 Å². The lowest BCUT2D eigenvalue weighted by Crippen LogP contribution is -2.03. The fraction of sp³-hybridized carbons (Fsp3) is 0.263. The molecule has 2 aromatic carbocycles. The van der Waals surface area contributed by atoms with Crippen LogP contribution in [0.3, 0.4) is 0 Å². The van der Waals surface area contributed by atoms with Gasteiger partial charge >= 0.3 is 0 Å². The van der Waals surface area contributed by atoms with Gasteiger partial charge in [0.15, 0.2) is 5.78 Å². The summed E-state index contributed by atoms with van der Waals surface area (Å²) >= 11 is 1.60. The number of fused-ring (bicyclic) bond motifs is 1. The molecule has 1 atom stereocenters. The van der Waals surface area contributed by atoms with Crippen molar-refractivity contribution in [3.8, 4) is 0 Å². The Balaban J connectivity index is 1.76. The lowest BCUT2D eigenvalue weighted by atomic mass is 9.96. The number of ketones is 1. The van der Waals surface area contributed by atoms with E-state index >= 15 is 0 Å². The Morgan fingerprint density at radius 2 is 1.86 bits per heavy atom. The van der Waals surface area contributed by atoms with E-state index in [9.17, 15) is 4.79 Å². The molecule has 2 nitrogen and oxygen atoms in total.